The third kappa shape index (κ3) is 3.04. The first kappa shape index (κ1) is 13.8. The van der Waals surface area contributed by atoms with E-state index < -0.39 is 0 Å². The van der Waals surface area contributed by atoms with Gasteiger partial charge in [-0.05, 0) is 30.9 Å². The van der Waals surface area contributed by atoms with E-state index in [1.54, 1.807) is 0 Å². The predicted molar refractivity (Wildman–Crippen MR) is 79.9 cm³/mol. The molecule has 0 spiro atoms. The maximum Gasteiger partial charge on any atom is 0.0672 e. The van der Waals surface area contributed by atoms with Crippen molar-refractivity contribution in [1.82, 2.24) is 9.78 Å². The van der Waals surface area contributed by atoms with Gasteiger partial charge in [-0.1, -0.05) is 38.1 Å². The highest BCUT2D eigenvalue weighted by Crippen LogP contribution is 2.24. The van der Waals surface area contributed by atoms with E-state index in [0.29, 0.717) is 0 Å². The summed E-state index contributed by atoms with van der Waals surface area (Å²) in [5.74, 6) is 0. The quantitative estimate of drug-likeness (QED) is 0.888. The maximum atomic E-state index is 6.04. The number of aryl methyl sites for hydroxylation is 2. The molecule has 102 valence electrons. The molecule has 1 heterocycles. The Labute approximate surface area is 115 Å². The lowest BCUT2D eigenvalue weighted by molar-refractivity contribution is 0.598. The van der Waals surface area contributed by atoms with Crippen LogP contribution in [0.1, 0.15) is 44.0 Å². The first-order valence-corrected chi connectivity index (χ1v) is 7.05. The highest BCUT2D eigenvalue weighted by molar-refractivity contribution is 5.65. The van der Waals surface area contributed by atoms with Crippen LogP contribution < -0.4 is 5.73 Å². The van der Waals surface area contributed by atoms with Crippen LogP contribution in [-0.2, 0) is 6.54 Å². The van der Waals surface area contributed by atoms with E-state index in [0.717, 1.165) is 25.1 Å². The smallest absolute Gasteiger partial charge is 0.0672 e. The van der Waals surface area contributed by atoms with Crippen LogP contribution in [0, 0.1) is 6.92 Å². The van der Waals surface area contributed by atoms with Crippen molar-refractivity contribution in [3.63, 3.8) is 0 Å². The van der Waals surface area contributed by atoms with Gasteiger partial charge in [0.15, 0.2) is 0 Å². The van der Waals surface area contributed by atoms with Gasteiger partial charge in [-0.3, -0.25) is 4.68 Å². The Morgan fingerprint density at radius 2 is 1.89 bits per heavy atom. The van der Waals surface area contributed by atoms with E-state index >= 15 is 0 Å². The number of aromatic nitrogens is 2. The summed E-state index contributed by atoms with van der Waals surface area (Å²) in [6, 6.07) is 8.68. The van der Waals surface area contributed by atoms with E-state index in [9.17, 15) is 0 Å². The molecule has 19 heavy (non-hydrogen) atoms. The number of benzene rings is 1. The molecule has 3 heteroatoms. The lowest BCUT2D eigenvalue weighted by Crippen LogP contribution is -2.08. The van der Waals surface area contributed by atoms with Crippen molar-refractivity contribution >= 4 is 0 Å². The third-order valence-corrected chi connectivity index (χ3v) is 3.49. The maximum absolute atomic E-state index is 6.04. The number of nitrogens with zero attached hydrogens (tertiary/aromatic N) is 2. The highest BCUT2D eigenvalue weighted by atomic mass is 15.3. The Morgan fingerprint density at radius 3 is 2.47 bits per heavy atom. The van der Waals surface area contributed by atoms with Gasteiger partial charge in [0, 0.05) is 24.3 Å². The van der Waals surface area contributed by atoms with E-state index in [2.05, 4.69) is 56.3 Å². The molecule has 1 atom stereocenters. The van der Waals surface area contributed by atoms with Gasteiger partial charge in [0.2, 0.25) is 0 Å². The number of hydrogen-bond acceptors (Lipinski definition) is 2. The molecule has 2 aromatic rings. The van der Waals surface area contributed by atoms with Crippen LogP contribution in [0.4, 0.5) is 0 Å². The van der Waals surface area contributed by atoms with Crippen LogP contribution >= 0.6 is 0 Å². The van der Waals surface area contributed by atoms with E-state index in [4.69, 9.17) is 5.73 Å². The van der Waals surface area contributed by atoms with Gasteiger partial charge in [0.25, 0.3) is 0 Å². The Hall–Kier alpha value is -1.61. The lowest BCUT2D eigenvalue weighted by Gasteiger charge is -2.09. The molecule has 0 aliphatic heterocycles. The average molecular weight is 257 g/mol. The zero-order chi connectivity index (χ0) is 13.8. The zero-order valence-electron chi connectivity index (χ0n) is 12.1. The molecular formula is C16H23N3. The molecule has 0 aliphatic rings. The van der Waals surface area contributed by atoms with E-state index in [1.165, 1.54) is 16.7 Å². The van der Waals surface area contributed by atoms with Gasteiger partial charge in [-0.15, -0.1) is 0 Å². The second kappa shape index (κ2) is 6.02. The summed E-state index contributed by atoms with van der Waals surface area (Å²) in [6.45, 7) is 7.31. The van der Waals surface area contributed by atoms with Gasteiger partial charge >= 0.3 is 0 Å². The largest absolute Gasteiger partial charge is 0.324 e. The summed E-state index contributed by atoms with van der Waals surface area (Å²) in [4.78, 5) is 0. The summed E-state index contributed by atoms with van der Waals surface area (Å²) in [6.07, 6.45) is 4.20. The topological polar surface area (TPSA) is 43.8 Å². The molecule has 1 unspecified atom stereocenters. The van der Waals surface area contributed by atoms with Gasteiger partial charge in [-0.25, -0.2) is 0 Å². The lowest BCUT2D eigenvalue weighted by atomic mass is 10.0. The monoisotopic (exact) mass is 257 g/mol. The van der Waals surface area contributed by atoms with Crippen molar-refractivity contribution in [2.45, 2.75) is 46.2 Å². The standard InChI is InChI=1S/C16H23N3/c1-4-10-19-11-15(12(3)18-19)13-6-8-14(9-7-13)16(17)5-2/h6-9,11,16H,4-5,10,17H2,1-3H3. The van der Waals surface area contributed by atoms with Crippen LogP contribution in [0.2, 0.25) is 0 Å². The fraction of sp³-hybridized carbons (Fsp3) is 0.438. The predicted octanol–water partition coefficient (Wildman–Crippen LogP) is 3.68. The number of hydrogen-bond donors (Lipinski definition) is 1. The highest BCUT2D eigenvalue weighted by Gasteiger charge is 2.08. The normalized spacial score (nSPS) is 12.6. The molecule has 0 amide bonds. The second-order valence-corrected chi connectivity index (χ2v) is 5.03. The fourth-order valence-corrected chi connectivity index (χ4v) is 2.29. The molecule has 0 saturated heterocycles. The van der Waals surface area contributed by atoms with Crippen molar-refractivity contribution in [2.24, 2.45) is 5.73 Å². The van der Waals surface area contributed by atoms with E-state index in [-0.39, 0.29) is 6.04 Å². The Morgan fingerprint density at radius 1 is 1.21 bits per heavy atom. The molecule has 1 aromatic carbocycles. The molecule has 1 aromatic heterocycles. The van der Waals surface area contributed by atoms with Crippen LogP contribution in [0.25, 0.3) is 11.1 Å². The minimum Gasteiger partial charge on any atom is -0.324 e. The Bertz CT molecular complexity index is 525. The molecule has 0 fully saturated rings. The first-order chi connectivity index (χ1) is 9.15. The minimum absolute atomic E-state index is 0.137. The molecule has 2 N–H and O–H groups in total. The SMILES string of the molecule is CCCn1cc(-c2ccc(C(N)CC)cc2)c(C)n1. The summed E-state index contributed by atoms with van der Waals surface area (Å²) in [5, 5.41) is 4.54. The molecule has 0 bridgehead atoms. The van der Waals surface area contributed by atoms with Crippen molar-refractivity contribution in [2.75, 3.05) is 0 Å². The van der Waals surface area contributed by atoms with Crippen LogP contribution in [0.15, 0.2) is 30.5 Å². The summed E-state index contributed by atoms with van der Waals surface area (Å²) in [7, 11) is 0. The first-order valence-electron chi connectivity index (χ1n) is 7.05. The minimum atomic E-state index is 0.137. The molecule has 0 aliphatic carbocycles. The third-order valence-electron chi connectivity index (χ3n) is 3.49. The molecule has 2 rings (SSSR count). The molecule has 0 saturated carbocycles. The van der Waals surface area contributed by atoms with Crippen molar-refractivity contribution < 1.29 is 0 Å². The second-order valence-electron chi connectivity index (χ2n) is 5.03. The van der Waals surface area contributed by atoms with Crippen LogP contribution in [-0.4, -0.2) is 9.78 Å². The Balaban J connectivity index is 2.26. The Kier molecular flexibility index (Phi) is 4.38. The molecule has 0 radical (unpaired) electrons. The van der Waals surface area contributed by atoms with Gasteiger partial charge in [-0.2, -0.15) is 5.10 Å². The zero-order valence-corrected chi connectivity index (χ0v) is 12.1. The van der Waals surface area contributed by atoms with Crippen molar-refractivity contribution in [1.29, 1.82) is 0 Å². The van der Waals surface area contributed by atoms with Gasteiger partial charge < -0.3 is 5.73 Å². The summed E-state index contributed by atoms with van der Waals surface area (Å²) >= 11 is 0. The van der Waals surface area contributed by atoms with E-state index in [1.807, 2.05) is 4.68 Å². The van der Waals surface area contributed by atoms with Gasteiger partial charge in [0.05, 0.1) is 5.69 Å². The number of nitrogens with two attached hydrogens (primary N) is 1. The number of rotatable bonds is 5. The molecule has 3 nitrogen and oxygen atoms in total. The van der Waals surface area contributed by atoms with Gasteiger partial charge in [0.1, 0.15) is 0 Å². The summed E-state index contributed by atoms with van der Waals surface area (Å²) in [5.41, 5.74) is 10.8. The average Bonchev–Trinajstić information content (AvgIpc) is 2.79. The van der Waals surface area contributed by atoms with Crippen LogP contribution in [0.5, 0.6) is 0 Å². The summed E-state index contributed by atoms with van der Waals surface area (Å²) < 4.78 is 2.02. The van der Waals surface area contributed by atoms with Crippen molar-refractivity contribution in [3.8, 4) is 11.1 Å². The molecular weight excluding hydrogens is 234 g/mol. The fourth-order valence-electron chi connectivity index (χ4n) is 2.29. The van der Waals surface area contributed by atoms with Crippen molar-refractivity contribution in [3.05, 3.63) is 41.7 Å². The van der Waals surface area contributed by atoms with Crippen LogP contribution in [0.3, 0.4) is 0 Å².